The van der Waals surface area contributed by atoms with Crippen LogP contribution in [0.1, 0.15) is 49.0 Å². The van der Waals surface area contributed by atoms with Gasteiger partial charge in [0.2, 0.25) is 0 Å². The molecule has 7 heteroatoms. The van der Waals surface area contributed by atoms with E-state index in [1.807, 2.05) is 36.7 Å². The molecule has 0 amide bonds. The Morgan fingerprint density at radius 3 is 2.36 bits per heavy atom. The summed E-state index contributed by atoms with van der Waals surface area (Å²) in [6.07, 6.45) is 21.8. The highest BCUT2D eigenvalue weighted by Gasteiger charge is 2.40. The van der Waals surface area contributed by atoms with Crippen molar-refractivity contribution in [2.24, 2.45) is 32.7 Å². The van der Waals surface area contributed by atoms with Crippen LogP contribution in [0.5, 0.6) is 0 Å². The normalized spacial score (nSPS) is 22.5. The van der Waals surface area contributed by atoms with Crippen LogP contribution in [-0.4, -0.2) is 34.4 Å². The lowest BCUT2D eigenvalue weighted by Gasteiger charge is -2.37. The van der Waals surface area contributed by atoms with Gasteiger partial charge < -0.3 is 10.6 Å². The van der Waals surface area contributed by atoms with Gasteiger partial charge in [0.25, 0.3) is 0 Å². The van der Waals surface area contributed by atoms with E-state index >= 15 is 0 Å². The van der Waals surface area contributed by atoms with Gasteiger partial charge in [0, 0.05) is 76.8 Å². The average molecular weight is 792 g/mol. The zero-order valence-electron chi connectivity index (χ0n) is 34.2. The molecule has 7 nitrogen and oxygen atoms in total. The summed E-state index contributed by atoms with van der Waals surface area (Å²) in [5.74, 6) is 2.32. The van der Waals surface area contributed by atoms with Gasteiger partial charge in [-0.3, -0.25) is 9.98 Å². The van der Waals surface area contributed by atoms with E-state index in [0.717, 1.165) is 74.7 Å². The minimum atomic E-state index is -0.353. The first-order valence-corrected chi connectivity index (χ1v) is 21.3. The van der Waals surface area contributed by atoms with Crippen LogP contribution in [0.2, 0.25) is 0 Å². The van der Waals surface area contributed by atoms with Crippen LogP contribution >= 0.6 is 0 Å². The molecule has 5 aliphatic rings. The molecule has 0 fully saturated rings. The summed E-state index contributed by atoms with van der Waals surface area (Å²) in [4.78, 5) is 25.6. The first-order valence-electron chi connectivity index (χ1n) is 21.3. The highest BCUT2D eigenvalue weighted by molar-refractivity contribution is 6.11. The van der Waals surface area contributed by atoms with Crippen molar-refractivity contribution in [1.29, 1.82) is 0 Å². The molecular formula is C54H45N7. The molecule has 6 aromatic rings. The average Bonchev–Trinajstić information content (AvgIpc) is 3.51. The molecule has 0 saturated carbocycles. The van der Waals surface area contributed by atoms with E-state index in [1.165, 1.54) is 32.7 Å². The maximum atomic E-state index is 5.55. The SMILES string of the molecule is CC1=c2c(-c3cccnc3)nc3cc(-c4ccc([C@@H]5N=C(c6ccccc6)NC(C6C=CC=CC6)=N5)cc4)ccc3c2=C(C)C2C(C3=CNCC=C3)C=Nc3ccccc3C12. The molecule has 2 N–H and O–H groups in total. The van der Waals surface area contributed by atoms with Crippen LogP contribution in [0.25, 0.3) is 44.4 Å². The molecule has 11 rings (SSSR count). The van der Waals surface area contributed by atoms with Crippen molar-refractivity contribution in [1.82, 2.24) is 20.6 Å². The first-order chi connectivity index (χ1) is 30.1. The number of aromatic nitrogens is 2. The first kappa shape index (κ1) is 36.8. The van der Waals surface area contributed by atoms with Gasteiger partial charge in [0.15, 0.2) is 6.17 Å². The Kier molecular flexibility index (Phi) is 9.30. The summed E-state index contributed by atoms with van der Waals surface area (Å²) in [6.45, 7) is 5.50. The topological polar surface area (TPSA) is 86.9 Å². The number of nitrogens with zero attached hydrogens (tertiary/aromatic N) is 5. The molecule has 0 radical (unpaired) electrons. The quantitative estimate of drug-likeness (QED) is 0.176. The van der Waals surface area contributed by atoms with E-state index in [1.54, 1.807) is 0 Å². The molecule has 0 saturated heterocycles. The maximum absolute atomic E-state index is 5.55. The third-order valence-electron chi connectivity index (χ3n) is 12.9. The number of rotatable bonds is 6. The van der Waals surface area contributed by atoms with Gasteiger partial charge in [-0.15, -0.1) is 0 Å². The molecule has 0 bridgehead atoms. The van der Waals surface area contributed by atoms with Crippen LogP contribution in [0.4, 0.5) is 5.69 Å². The van der Waals surface area contributed by atoms with Gasteiger partial charge >= 0.3 is 0 Å². The number of fused-ring (bicyclic) bond motifs is 6. The summed E-state index contributed by atoms with van der Waals surface area (Å²) >= 11 is 0. The van der Waals surface area contributed by atoms with Crippen molar-refractivity contribution in [2.45, 2.75) is 32.4 Å². The van der Waals surface area contributed by atoms with Crippen LogP contribution in [0.3, 0.4) is 0 Å². The Hall–Kier alpha value is -7.25. The van der Waals surface area contributed by atoms with Crippen LogP contribution < -0.4 is 21.1 Å². The molecule has 4 aromatic carbocycles. The second-order valence-corrected chi connectivity index (χ2v) is 16.5. The van der Waals surface area contributed by atoms with Gasteiger partial charge in [-0.05, 0) is 77.6 Å². The summed E-state index contributed by atoms with van der Waals surface area (Å²) in [5.41, 5.74) is 13.5. The summed E-state index contributed by atoms with van der Waals surface area (Å²) in [6, 6.07) is 38.7. The number of aliphatic imine (C=N–C) groups is 3. The predicted molar refractivity (Wildman–Crippen MR) is 250 cm³/mol. The Morgan fingerprint density at radius 1 is 0.721 bits per heavy atom. The largest absolute Gasteiger partial charge is 0.387 e. The van der Waals surface area contributed by atoms with Gasteiger partial charge in [-0.1, -0.05) is 133 Å². The molecule has 4 unspecified atom stereocenters. The van der Waals surface area contributed by atoms with Gasteiger partial charge in [0.05, 0.1) is 16.9 Å². The van der Waals surface area contributed by atoms with Gasteiger partial charge in [-0.25, -0.2) is 15.0 Å². The number of benzene rings is 4. The third kappa shape index (κ3) is 6.57. The van der Waals surface area contributed by atoms with Crippen molar-refractivity contribution in [3.63, 3.8) is 0 Å². The third-order valence-corrected chi connectivity index (χ3v) is 12.9. The van der Waals surface area contributed by atoms with Crippen molar-refractivity contribution in [3.05, 3.63) is 197 Å². The maximum Gasteiger partial charge on any atom is 0.169 e. The van der Waals surface area contributed by atoms with E-state index in [9.17, 15) is 0 Å². The number of hydrogen-bond acceptors (Lipinski definition) is 7. The summed E-state index contributed by atoms with van der Waals surface area (Å²) in [7, 11) is 0. The highest BCUT2D eigenvalue weighted by atomic mass is 15.2. The van der Waals surface area contributed by atoms with E-state index in [2.05, 4.69) is 163 Å². The lowest BCUT2D eigenvalue weighted by atomic mass is 9.66. The molecule has 296 valence electrons. The lowest BCUT2D eigenvalue weighted by Crippen LogP contribution is -2.43. The van der Waals surface area contributed by atoms with Crippen LogP contribution in [-0.2, 0) is 0 Å². The number of para-hydroxylation sites is 1. The molecule has 3 aliphatic heterocycles. The molecule has 2 aromatic heterocycles. The Balaban J connectivity index is 1.05. The molecular weight excluding hydrogens is 747 g/mol. The Morgan fingerprint density at radius 2 is 1.56 bits per heavy atom. The van der Waals surface area contributed by atoms with E-state index in [4.69, 9.17) is 20.0 Å². The Bertz CT molecular complexity index is 3060. The molecule has 5 atom stereocenters. The van der Waals surface area contributed by atoms with Crippen molar-refractivity contribution >= 4 is 45.6 Å². The summed E-state index contributed by atoms with van der Waals surface area (Å²) < 4.78 is 0. The fourth-order valence-corrected chi connectivity index (χ4v) is 9.98. The second-order valence-electron chi connectivity index (χ2n) is 16.5. The van der Waals surface area contributed by atoms with Crippen molar-refractivity contribution in [3.8, 4) is 22.4 Å². The molecule has 2 aliphatic carbocycles. The van der Waals surface area contributed by atoms with Gasteiger partial charge in [-0.2, -0.15) is 0 Å². The fraction of sp³-hybridized carbons (Fsp3) is 0.167. The number of pyridine rings is 2. The summed E-state index contributed by atoms with van der Waals surface area (Å²) in [5, 5.41) is 10.7. The van der Waals surface area contributed by atoms with Gasteiger partial charge in [0.1, 0.15) is 11.7 Å². The number of amidine groups is 2. The zero-order chi connectivity index (χ0) is 40.9. The monoisotopic (exact) mass is 791 g/mol. The van der Waals surface area contributed by atoms with E-state index < -0.39 is 0 Å². The van der Waals surface area contributed by atoms with Crippen molar-refractivity contribution < 1.29 is 0 Å². The fourth-order valence-electron chi connectivity index (χ4n) is 9.98. The van der Waals surface area contributed by atoms with Crippen LogP contribution in [0.15, 0.2) is 185 Å². The van der Waals surface area contributed by atoms with Crippen molar-refractivity contribution in [2.75, 3.05) is 6.54 Å². The number of hydrogen-bond donors (Lipinski definition) is 2. The molecule has 0 spiro atoms. The number of nitrogens with one attached hydrogen (secondary N) is 2. The zero-order valence-corrected chi connectivity index (χ0v) is 34.2. The van der Waals surface area contributed by atoms with Crippen LogP contribution in [0, 0.1) is 17.8 Å². The number of allylic oxidation sites excluding steroid dienone is 5. The standard InChI is InChI=1S/C54H45N7/c1-33-48-43-26-25-39(35-21-23-38(24-22-35)54-60-52(36-13-5-3-6-14-36)59-53(61-54)37-15-7-4-8-16-37)29-46(43)58-51(41-18-12-28-56-31-41)50(48)34(2)47-42-19-9-10-20-45(42)57-32-44(49(33)47)40-17-11-27-55-30-40/h3-15,17-26,28-32,37,44,47,49,54-55H,16,27H2,1-2H3,(H,59,60,61)/t37?,44?,47?,49?,54-/m1/s1. The van der Waals surface area contributed by atoms with E-state index in [-0.39, 0.29) is 29.8 Å². The second kappa shape index (κ2) is 15.4. The lowest BCUT2D eigenvalue weighted by molar-refractivity contribution is 0.533. The highest BCUT2D eigenvalue weighted by Crippen LogP contribution is 2.49. The number of dihydropyridines is 1. The molecule has 5 heterocycles. The minimum absolute atomic E-state index is 0.0804. The minimum Gasteiger partial charge on any atom is -0.387 e. The Labute approximate surface area is 355 Å². The van der Waals surface area contributed by atoms with E-state index in [0.29, 0.717) is 0 Å². The predicted octanol–water partition coefficient (Wildman–Crippen LogP) is 9.67. The molecule has 61 heavy (non-hydrogen) atoms. The smallest absolute Gasteiger partial charge is 0.169 e.